The third kappa shape index (κ3) is 3.21. The number of nitrogens with one attached hydrogen (secondary N) is 1. The normalized spacial score (nSPS) is 17.8. The molecule has 2 rings (SSSR count). The van der Waals surface area contributed by atoms with Crippen LogP contribution in [0.15, 0.2) is 27.8 Å². The highest BCUT2D eigenvalue weighted by Crippen LogP contribution is 2.28. The lowest BCUT2D eigenvalue weighted by Gasteiger charge is -2.26. The number of halogens is 2. The van der Waals surface area contributed by atoms with Gasteiger partial charge in [-0.2, -0.15) is 0 Å². The SMILES string of the molecule is O=C(NO)C(=NO)C1(Cc2ccc(F)c(Br)c2)OCCO1. The summed E-state index contributed by atoms with van der Waals surface area (Å²) < 4.78 is 24.3. The molecule has 21 heavy (non-hydrogen) atoms. The molecule has 1 fully saturated rings. The Morgan fingerprint density at radius 2 is 2.14 bits per heavy atom. The molecule has 0 bridgehead atoms. The summed E-state index contributed by atoms with van der Waals surface area (Å²) in [6.45, 7) is 0.361. The maximum atomic E-state index is 13.2. The molecule has 9 heteroatoms. The number of carbonyl (C=O) groups is 1. The topological polar surface area (TPSA) is 100 Å². The van der Waals surface area contributed by atoms with Gasteiger partial charge in [0.15, 0.2) is 0 Å². The largest absolute Gasteiger partial charge is 0.410 e. The molecule has 1 aromatic rings. The molecule has 7 nitrogen and oxygen atoms in total. The predicted octanol–water partition coefficient (Wildman–Crippen LogP) is 1.21. The first kappa shape index (κ1) is 15.8. The minimum absolute atomic E-state index is 0.00130. The fraction of sp³-hybridized carbons (Fsp3) is 0.333. The smallest absolute Gasteiger partial charge is 0.298 e. The summed E-state index contributed by atoms with van der Waals surface area (Å²) in [7, 11) is 0. The van der Waals surface area contributed by atoms with Crippen LogP contribution in [0.5, 0.6) is 0 Å². The summed E-state index contributed by atoms with van der Waals surface area (Å²) in [5.74, 6) is -3.13. The molecule has 1 amide bonds. The Morgan fingerprint density at radius 1 is 1.48 bits per heavy atom. The van der Waals surface area contributed by atoms with Crippen molar-refractivity contribution < 1.29 is 29.1 Å². The average molecular weight is 363 g/mol. The maximum Gasteiger partial charge on any atom is 0.298 e. The third-order valence-electron chi connectivity index (χ3n) is 2.95. The zero-order chi connectivity index (χ0) is 15.5. The molecule has 0 aliphatic carbocycles. The van der Waals surface area contributed by atoms with Gasteiger partial charge in [-0.1, -0.05) is 11.2 Å². The van der Waals surface area contributed by atoms with E-state index in [9.17, 15) is 9.18 Å². The van der Waals surface area contributed by atoms with Crippen LogP contribution in [0.4, 0.5) is 4.39 Å². The number of amides is 1. The standard InChI is InChI=1S/C12H12BrFN2O5/c13-8-5-7(1-2-9(8)14)6-12(20-3-4-21-12)10(15-18)11(17)16-19/h1-2,5,18-19H,3-4,6H2,(H,16,17). The molecular formula is C12H12BrFN2O5. The summed E-state index contributed by atoms with van der Waals surface area (Å²) >= 11 is 3.05. The Labute approximate surface area is 127 Å². The van der Waals surface area contributed by atoms with Crippen LogP contribution in [0.3, 0.4) is 0 Å². The van der Waals surface area contributed by atoms with Crippen molar-refractivity contribution in [2.75, 3.05) is 13.2 Å². The number of ether oxygens (including phenoxy) is 2. The lowest BCUT2D eigenvalue weighted by Crippen LogP contribution is -2.49. The number of hydroxylamine groups is 1. The Balaban J connectivity index is 2.34. The van der Waals surface area contributed by atoms with Gasteiger partial charge < -0.3 is 14.7 Å². The van der Waals surface area contributed by atoms with E-state index in [2.05, 4.69) is 21.1 Å². The van der Waals surface area contributed by atoms with E-state index in [-0.39, 0.29) is 24.1 Å². The summed E-state index contributed by atoms with van der Waals surface area (Å²) in [6.07, 6.45) is -0.00130. The van der Waals surface area contributed by atoms with Gasteiger partial charge in [-0.25, -0.2) is 9.87 Å². The summed E-state index contributed by atoms with van der Waals surface area (Å²) in [4.78, 5) is 11.6. The van der Waals surface area contributed by atoms with E-state index in [1.54, 1.807) is 0 Å². The lowest BCUT2D eigenvalue weighted by atomic mass is 10.00. The first-order valence-corrected chi connectivity index (χ1v) is 6.70. The van der Waals surface area contributed by atoms with E-state index in [1.807, 2.05) is 0 Å². The molecule has 0 atom stereocenters. The van der Waals surface area contributed by atoms with Gasteiger partial charge in [-0.3, -0.25) is 10.0 Å². The van der Waals surface area contributed by atoms with Crippen molar-refractivity contribution in [1.29, 1.82) is 0 Å². The second-order valence-corrected chi connectivity index (χ2v) is 5.12. The minimum atomic E-state index is -1.64. The molecule has 0 saturated carbocycles. The van der Waals surface area contributed by atoms with E-state index >= 15 is 0 Å². The van der Waals surface area contributed by atoms with E-state index < -0.39 is 23.2 Å². The summed E-state index contributed by atoms with van der Waals surface area (Å²) in [6, 6.07) is 4.22. The Kier molecular flexibility index (Phi) is 4.88. The third-order valence-corrected chi connectivity index (χ3v) is 3.56. The van der Waals surface area contributed by atoms with E-state index in [4.69, 9.17) is 19.9 Å². The summed E-state index contributed by atoms with van der Waals surface area (Å²) in [5, 5.41) is 20.6. The van der Waals surface area contributed by atoms with Crippen LogP contribution in [-0.4, -0.2) is 41.0 Å². The highest BCUT2D eigenvalue weighted by molar-refractivity contribution is 9.10. The van der Waals surface area contributed by atoms with Crippen molar-refractivity contribution in [3.63, 3.8) is 0 Å². The molecule has 0 radical (unpaired) electrons. The molecule has 0 spiro atoms. The zero-order valence-corrected chi connectivity index (χ0v) is 12.3. The van der Waals surface area contributed by atoms with Gasteiger partial charge in [0, 0.05) is 6.42 Å². The molecule has 1 saturated heterocycles. The highest BCUT2D eigenvalue weighted by Gasteiger charge is 2.46. The highest BCUT2D eigenvalue weighted by atomic mass is 79.9. The number of oxime groups is 1. The molecule has 3 N–H and O–H groups in total. The van der Waals surface area contributed by atoms with Crippen molar-refractivity contribution in [3.8, 4) is 0 Å². The second kappa shape index (κ2) is 6.48. The van der Waals surface area contributed by atoms with Gasteiger partial charge >= 0.3 is 0 Å². The van der Waals surface area contributed by atoms with Gasteiger partial charge in [0.2, 0.25) is 11.5 Å². The van der Waals surface area contributed by atoms with Gasteiger partial charge in [0.25, 0.3) is 5.91 Å². The van der Waals surface area contributed by atoms with Crippen LogP contribution in [0.25, 0.3) is 0 Å². The van der Waals surface area contributed by atoms with Crippen LogP contribution in [-0.2, 0) is 20.7 Å². The Bertz CT molecular complexity index is 575. The van der Waals surface area contributed by atoms with Crippen molar-refractivity contribution in [2.24, 2.45) is 5.16 Å². The minimum Gasteiger partial charge on any atom is -0.410 e. The maximum absolute atomic E-state index is 13.2. The molecule has 1 aromatic carbocycles. The molecule has 0 aromatic heterocycles. The molecule has 1 aliphatic heterocycles. The van der Waals surface area contributed by atoms with Crippen molar-refractivity contribution in [1.82, 2.24) is 5.48 Å². The van der Waals surface area contributed by atoms with Gasteiger partial charge in [0.05, 0.1) is 17.7 Å². The number of carbonyl (C=O) groups excluding carboxylic acids is 1. The number of nitrogens with zero attached hydrogens (tertiary/aromatic N) is 1. The molecule has 1 heterocycles. The van der Waals surface area contributed by atoms with Crippen molar-refractivity contribution >= 4 is 27.5 Å². The van der Waals surface area contributed by atoms with Gasteiger partial charge in [-0.05, 0) is 33.6 Å². The average Bonchev–Trinajstić information content (AvgIpc) is 2.92. The van der Waals surface area contributed by atoms with Crippen molar-refractivity contribution in [3.05, 3.63) is 34.1 Å². The Morgan fingerprint density at radius 3 is 2.67 bits per heavy atom. The molecule has 114 valence electrons. The Hall–Kier alpha value is -1.55. The quantitative estimate of drug-likeness (QED) is 0.323. The van der Waals surface area contributed by atoms with Crippen LogP contribution >= 0.6 is 15.9 Å². The van der Waals surface area contributed by atoms with Gasteiger partial charge in [0.1, 0.15) is 5.82 Å². The van der Waals surface area contributed by atoms with E-state index in [0.29, 0.717) is 5.56 Å². The van der Waals surface area contributed by atoms with Crippen LogP contribution in [0.2, 0.25) is 0 Å². The summed E-state index contributed by atoms with van der Waals surface area (Å²) in [5.41, 5.74) is 1.42. The van der Waals surface area contributed by atoms with Crippen LogP contribution < -0.4 is 5.48 Å². The fourth-order valence-electron chi connectivity index (χ4n) is 2.04. The van der Waals surface area contributed by atoms with Crippen LogP contribution in [0, 0.1) is 5.82 Å². The number of benzene rings is 1. The van der Waals surface area contributed by atoms with E-state index in [1.165, 1.54) is 23.7 Å². The monoisotopic (exact) mass is 362 g/mol. The first-order valence-electron chi connectivity index (χ1n) is 5.91. The van der Waals surface area contributed by atoms with Crippen molar-refractivity contribution in [2.45, 2.75) is 12.2 Å². The molecule has 0 unspecified atom stereocenters. The second-order valence-electron chi connectivity index (χ2n) is 4.26. The first-order chi connectivity index (χ1) is 10.0. The van der Waals surface area contributed by atoms with Gasteiger partial charge in [-0.15, -0.1) is 0 Å². The van der Waals surface area contributed by atoms with Crippen LogP contribution in [0.1, 0.15) is 5.56 Å². The molecular weight excluding hydrogens is 351 g/mol. The molecule has 1 aliphatic rings. The number of rotatable bonds is 4. The predicted molar refractivity (Wildman–Crippen MR) is 71.6 cm³/mol. The number of hydrogen-bond acceptors (Lipinski definition) is 6. The fourth-order valence-corrected chi connectivity index (χ4v) is 2.47. The zero-order valence-electron chi connectivity index (χ0n) is 10.7. The number of hydrogen-bond donors (Lipinski definition) is 3. The lowest BCUT2D eigenvalue weighted by molar-refractivity contribution is -0.130. The van der Waals surface area contributed by atoms with E-state index in [0.717, 1.165) is 0 Å².